The number of ketones is 1. The molecule has 132 valence electrons. The molecule has 1 aliphatic rings. The molecule has 24 heavy (non-hydrogen) atoms. The zero-order chi connectivity index (χ0) is 17.6. The van der Waals surface area contributed by atoms with Crippen molar-refractivity contribution in [1.29, 1.82) is 0 Å². The minimum absolute atomic E-state index is 0.0812. The molecule has 1 heterocycles. The molecule has 1 saturated carbocycles. The molecule has 0 aliphatic heterocycles. The monoisotopic (exact) mass is 333 g/mol. The first-order valence-corrected chi connectivity index (χ1v) is 8.56. The highest BCUT2D eigenvalue weighted by Gasteiger charge is 2.21. The Morgan fingerprint density at radius 2 is 2.00 bits per heavy atom. The quantitative estimate of drug-likeness (QED) is 0.562. The van der Waals surface area contributed by atoms with Crippen LogP contribution in [0.3, 0.4) is 0 Å². The molecule has 0 bridgehead atoms. The minimum atomic E-state index is -0.492. The maximum absolute atomic E-state index is 12.1. The molecule has 1 amide bonds. The molecule has 2 N–H and O–H groups in total. The van der Waals surface area contributed by atoms with Crippen molar-refractivity contribution in [3.05, 3.63) is 23.9 Å². The fourth-order valence-electron chi connectivity index (χ4n) is 2.14. The number of carbonyl (C=O) groups excluding carboxylic acids is 2. The summed E-state index contributed by atoms with van der Waals surface area (Å²) in [5, 5.41) is 5.99. The largest absolute Gasteiger partial charge is 0.444 e. The van der Waals surface area contributed by atoms with Gasteiger partial charge in [0.2, 0.25) is 0 Å². The number of rotatable bonds is 8. The molecule has 1 aromatic heterocycles. The zero-order valence-electron chi connectivity index (χ0n) is 14.7. The summed E-state index contributed by atoms with van der Waals surface area (Å²) in [5.41, 5.74) is 0.143. The van der Waals surface area contributed by atoms with Crippen molar-refractivity contribution >= 4 is 17.7 Å². The smallest absolute Gasteiger partial charge is 0.407 e. The molecular formula is C18H27N3O3. The number of unbranched alkanes of at least 4 members (excludes halogenated alkanes) is 1. The SMILES string of the molecule is CC(C)(C)OC(=O)NCCCCC(=O)c1ccc(NC2CC2)nc1. The Kier molecular flexibility index (Phi) is 6.17. The number of anilines is 1. The molecule has 0 saturated heterocycles. The van der Waals surface area contributed by atoms with Crippen LogP contribution in [0.5, 0.6) is 0 Å². The number of nitrogens with zero attached hydrogens (tertiary/aromatic N) is 1. The van der Waals surface area contributed by atoms with E-state index in [0.717, 1.165) is 18.7 Å². The number of hydrogen-bond acceptors (Lipinski definition) is 5. The molecule has 1 aliphatic carbocycles. The van der Waals surface area contributed by atoms with Gasteiger partial charge in [-0.2, -0.15) is 0 Å². The molecule has 0 atom stereocenters. The van der Waals surface area contributed by atoms with Crippen LogP contribution in [0.1, 0.15) is 63.2 Å². The van der Waals surface area contributed by atoms with Gasteiger partial charge in [-0.15, -0.1) is 0 Å². The molecule has 6 heteroatoms. The van der Waals surface area contributed by atoms with Crippen LogP contribution >= 0.6 is 0 Å². The topological polar surface area (TPSA) is 80.3 Å². The van der Waals surface area contributed by atoms with Crippen LogP contribution in [0.15, 0.2) is 18.3 Å². The number of aromatic nitrogens is 1. The Bertz CT molecular complexity index is 560. The maximum atomic E-state index is 12.1. The summed E-state index contributed by atoms with van der Waals surface area (Å²) >= 11 is 0. The fraction of sp³-hybridized carbons (Fsp3) is 0.611. The molecule has 2 rings (SSSR count). The van der Waals surface area contributed by atoms with E-state index in [1.165, 1.54) is 12.8 Å². The number of ether oxygens (including phenoxy) is 1. The molecule has 1 fully saturated rings. The third-order valence-electron chi connectivity index (χ3n) is 3.51. The molecular weight excluding hydrogens is 306 g/mol. The first-order valence-electron chi connectivity index (χ1n) is 8.56. The summed E-state index contributed by atoms with van der Waals surface area (Å²) in [5.74, 6) is 0.911. The van der Waals surface area contributed by atoms with Crippen molar-refractivity contribution in [3.63, 3.8) is 0 Å². The summed E-state index contributed by atoms with van der Waals surface area (Å²) in [6.45, 7) is 5.98. The van der Waals surface area contributed by atoms with E-state index in [1.807, 2.05) is 32.9 Å². The number of alkyl carbamates (subject to hydrolysis) is 1. The van der Waals surface area contributed by atoms with E-state index >= 15 is 0 Å². The highest BCUT2D eigenvalue weighted by atomic mass is 16.6. The number of amides is 1. The summed E-state index contributed by atoms with van der Waals surface area (Å²) in [6, 6.07) is 4.23. The Morgan fingerprint density at radius 1 is 1.25 bits per heavy atom. The van der Waals surface area contributed by atoms with Gasteiger partial charge in [0.1, 0.15) is 11.4 Å². The Balaban J connectivity index is 1.61. The van der Waals surface area contributed by atoms with E-state index in [-0.39, 0.29) is 5.78 Å². The second-order valence-corrected chi connectivity index (χ2v) is 7.16. The fourth-order valence-corrected chi connectivity index (χ4v) is 2.14. The van der Waals surface area contributed by atoms with Crippen molar-refractivity contribution in [3.8, 4) is 0 Å². The summed E-state index contributed by atoms with van der Waals surface area (Å²) in [7, 11) is 0. The molecule has 0 radical (unpaired) electrons. The van der Waals surface area contributed by atoms with Gasteiger partial charge in [-0.25, -0.2) is 9.78 Å². The van der Waals surface area contributed by atoms with Crippen molar-refractivity contribution in [2.24, 2.45) is 0 Å². The predicted molar refractivity (Wildman–Crippen MR) is 93.3 cm³/mol. The average Bonchev–Trinajstić information content (AvgIpc) is 3.29. The van der Waals surface area contributed by atoms with Gasteiger partial charge in [-0.1, -0.05) is 0 Å². The molecule has 0 aromatic carbocycles. The number of hydrogen-bond donors (Lipinski definition) is 2. The van der Waals surface area contributed by atoms with E-state index in [4.69, 9.17) is 4.74 Å². The second kappa shape index (κ2) is 8.13. The summed E-state index contributed by atoms with van der Waals surface area (Å²) in [6.07, 6.45) is 5.51. The highest BCUT2D eigenvalue weighted by molar-refractivity contribution is 5.95. The average molecular weight is 333 g/mol. The molecule has 1 aromatic rings. The van der Waals surface area contributed by atoms with Crippen molar-refractivity contribution in [2.75, 3.05) is 11.9 Å². The number of Topliss-reactive ketones (excluding diaryl/α,β-unsaturated/α-hetero) is 1. The van der Waals surface area contributed by atoms with E-state index < -0.39 is 11.7 Å². The van der Waals surface area contributed by atoms with Crippen LogP contribution in [-0.4, -0.2) is 35.0 Å². The number of carbonyl (C=O) groups is 2. The van der Waals surface area contributed by atoms with E-state index in [1.54, 1.807) is 6.20 Å². The van der Waals surface area contributed by atoms with Crippen molar-refractivity contribution in [1.82, 2.24) is 10.3 Å². The van der Waals surface area contributed by atoms with Gasteiger partial charge in [0.25, 0.3) is 0 Å². The van der Waals surface area contributed by atoms with Crippen LogP contribution < -0.4 is 10.6 Å². The molecule has 6 nitrogen and oxygen atoms in total. The minimum Gasteiger partial charge on any atom is -0.444 e. The molecule has 0 spiro atoms. The van der Waals surface area contributed by atoms with Gasteiger partial charge in [0, 0.05) is 30.8 Å². The predicted octanol–water partition coefficient (Wildman–Crippen LogP) is 3.53. The highest BCUT2D eigenvalue weighted by Crippen LogP contribution is 2.23. The lowest BCUT2D eigenvalue weighted by atomic mass is 10.1. The van der Waals surface area contributed by atoms with Crippen molar-refractivity contribution < 1.29 is 14.3 Å². The number of nitrogens with one attached hydrogen (secondary N) is 2. The van der Waals surface area contributed by atoms with Gasteiger partial charge in [0.05, 0.1) is 0 Å². The standard InChI is InChI=1S/C18H27N3O3/c1-18(2,3)24-17(23)19-11-5-4-6-15(22)13-7-10-16(20-12-13)21-14-8-9-14/h7,10,12,14H,4-6,8-9,11H2,1-3H3,(H,19,23)(H,20,21). The summed E-state index contributed by atoms with van der Waals surface area (Å²) < 4.78 is 5.15. The first kappa shape index (κ1) is 18.2. The van der Waals surface area contributed by atoms with Crippen LogP contribution in [0.2, 0.25) is 0 Å². The normalized spacial score (nSPS) is 14.1. The van der Waals surface area contributed by atoms with E-state index in [0.29, 0.717) is 24.6 Å². The van der Waals surface area contributed by atoms with Crippen LogP contribution in [0, 0.1) is 0 Å². The lowest BCUT2D eigenvalue weighted by molar-refractivity contribution is 0.0527. The third-order valence-corrected chi connectivity index (χ3v) is 3.51. The van der Waals surface area contributed by atoms with Gasteiger partial charge < -0.3 is 15.4 Å². The van der Waals surface area contributed by atoms with Gasteiger partial charge in [0.15, 0.2) is 5.78 Å². The maximum Gasteiger partial charge on any atom is 0.407 e. The van der Waals surface area contributed by atoms with Gasteiger partial charge in [-0.05, 0) is 58.6 Å². The first-order chi connectivity index (χ1) is 11.3. The second-order valence-electron chi connectivity index (χ2n) is 7.16. The Labute approximate surface area is 143 Å². The lowest BCUT2D eigenvalue weighted by Gasteiger charge is -2.19. The van der Waals surface area contributed by atoms with E-state index in [2.05, 4.69) is 15.6 Å². The van der Waals surface area contributed by atoms with E-state index in [9.17, 15) is 9.59 Å². The Hall–Kier alpha value is -2.11. The molecule has 0 unspecified atom stereocenters. The zero-order valence-corrected chi connectivity index (χ0v) is 14.7. The third kappa shape index (κ3) is 6.98. The van der Waals surface area contributed by atoms with Gasteiger partial charge in [-0.3, -0.25) is 4.79 Å². The van der Waals surface area contributed by atoms with Gasteiger partial charge >= 0.3 is 6.09 Å². The number of pyridine rings is 1. The Morgan fingerprint density at radius 3 is 2.58 bits per heavy atom. The van der Waals surface area contributed by atoms with Crippen LogP contribution in [0.4, 0.5) is 10.6 Å². The van der Waals surface area contributed by atoms with Crippen LogP contribution in [0.25, 0.3) is 0 Å². The summed E-state index contributed by atoms with van der Waals surface area (Å²) in [4.78, 5) is 27.9. The lowest BCUT2D eigenvalue weighted by Crippen LogP contribution is -2.33. The van der Waals surface area contributed by atoms with Crippen LogP contribution in [-0.2, 0) is 4.74 Å². The van der Waals surface area contributed by atoms with Crippen molar-refractivity contribution in [2.45, 2.75) is 64.5 Å².